The molecule has 2 N–H and O–H groups in total. The number of carbonyl (C=O) groups is 3. The molecule has 8 heteroatoms. The van der Waals surface area contributed by atoms with Crippen molar-refractivity contribution in [2.24, 2.45) is 0 Å². The molecule has 172 valence electrons. The number of hydrogen-bond donors (Lipinski definition) is 2. The number of carbonyl (C=O) groups excluding carboxylic acids is 3. The maximum Gasteiger partial charge on any atom is 0.283 e. The lowest BCUT2D eigenvalue weighted by molar-refractivity contribution is -0.120. The molecule has 34 heavy (non-hydrogen) atoms. The van der Waals surface area contributed by atoms with Gasteiger partial charge < -0.3 is 10.6 Å². The predicted octanol–water partition coefficient (Wildman–Crippen LogP) is 5.95. The first-order valence-corrected chi connectivity index (χ1v) is 11.2. The van der Waals surface area contributed by atoms with Gasteiger partial charge in [0.05, 0.1) is 5.69 Å². The fraction of sp³-hybridized carbons (Fsp3) is 0.115. The van der Waals surface area contributed by atoms with Gasteiger partial charge >= 0.3 is 0 Å². The second-order valence-corrected chi connectivity index (χ2v) is 8.85. The number of nitrogens with one attached hydrogen (secondary N) is 2. The minimum atomic E-state index is -0.610. The van der Waals surface area contributed by atoms with Crippen molar-refractivity contribution < 1.29 is 14.4 Å². The van der Waals surface area contributed by atoms with Crippen molar-refractivity contribution in [1.29, 1.82) is 0 Å². The van der Waals surface area contributed by atoms with Crippen LogP contribution >= 0.6 is 23.2 Å². The van der Waals surface area contributed by atoms with Crippen LogP contribution in [-0.2, 0) is 9.59 Å². The zero-order chi connectivity index (χ0) is 24.6. The first-order chi connectivity index (χ1) is 16.2. The number of nitrogens with zero attached hydrogens (tertiary/aromatic N) is 1. The van der Waals surface area contributed by atoms with Gasteiger partial charge in [-0.1, -0.05) is 53.0 Å². The number of halogens is 2. The quantitative estimate of drug-likeness (QED) is 0.430. The number of hydrogen-bond acceptors (Lipinski definition) is 4. The summed E-state index contributed by atoms with van der Waals surface area (Å²) in [4.78, 5) is 39.7. The van der Waals surface area contributed by atoms with Gasteiger partial charge in [-0.2, -0.15) is 0 Å². The molecule has 3 amide bonds. The van der Waals surface area contributed by atoms with E-state index in [4.69, 9.17) is 23.2 Å². The van der Waals surface area contributed by atoms with Crippen molar-refractivity contribution in [3.8, 4) is 0 Å². The third-order valence-electron chi connectivity index (χ3n) is 5.53. The molecule has 0 bridgehead atoms. The second kappa shape index (κ2) is 9.33. The Hall–Kier alpha value is -3.61. The van der Waals surface area contributed by atoms with Crippen LogP contribution in [0.25, 0.3) is 0 Å². The van der Waals surface area contributed by atoms with Gasteiger partial charge in [-0.05, 0) is 68.3 Å². The molecule has 1 aliphatic rings. The molecule has 0 radical (unpaired) electrons. The molecule has 1 heterocycles. The summed E-state index contributed by atoms with van der Waals surface area (Å²) in [6, 6.07) is 17.3. The summed E-state index contributed by atoms with van der Waals surface area (Å²) in [6.07, 6.45) is 0. The van der Waals surface area contributed by atoms with Crippen LogP contribution in [0.3, 0.4) is 0 Å². The van der Waals surface area contributed by atoms with E-state index in [1.165, 1.54) is 0 Å². The van der Waals surface area contributed by atoms with Gasteiger partial charge in [0.25, 0.3) is 17.7 Å². The molecule has 4 rings (SSSR count). The van der Waals surface area contributed by atoms with Crippen molar-refractivity contribution >= 4 is 58.0 Å². The minimum Gasteiger partial charge on any atom is -0.349 e. The molecule has 0 saturated heterocycles. The topological polar surface area (TPSA) is 78.5 Å². The molecule has 3 aromatic rings. The smallest absolute Gasteiger partial charge is 0.283 e. The summed E-state index contributed by atoms with van der Waals surface area (Å²) in [5, 5.41) is 6.11. The fourth-order valence-corrected chi connectivity index (χ4v) is 3.88. The second-order valence-electron chi connectivity index (χ2n) is 8.04. The summed E-state index contributed by atoms with van der Waals surface area (Å²) in [5.74, 6) is -1.52. The van der Waals surface area contributed by atoms with Crippen LogP contribution < -0.4 is 15.5 Å². The number of aryl methyl sites for hydroxylation is 3. The van der Waals surface area contributed by atoms with E-state index >= 15 is 0 Å². The lowest BCUT2D eigenvalue weighted by Crippen LogP contribution is -2.32. The summed E-state index contributed by atoms with van der Waals surface area (Å²) < 4.78 is 0. The van der Waals surface area contributed by atoms with Crippen molar-refractivity contribution in [3.63, 3.8) is 0 Å². The molecule has 0 spiro atoms. The third kappa shape index (κ3) is 4.55. The monoisotopic (exact) mass is 493 g/mol. The van der Waals surface area contributed by atoms with Crippen LogP contribution in [-0.4, -0.2) is 17.7 Å². The van der Waals surface area contributed by atoms with Crippen molar-refractivity contribution in [2.75, 3.05) is 15.5 Å². The molecule has 0 atom stereocenters. The Bertz CT molecular complexity index is 1360. The van der Waals surface area contributed by atoms with Crippen molar-refractivity contribution in [3.05, 3.63) is 98.7 Å². The first-order valence-electron chi connectivity index (χ1n) is 10.5. The lowest BCUT2D eigenvalue weighted by atomic mass is 10.1. The molecule has 0 saturated carbocycles. The number of rotatable bonds is 5. The summed E-state index contributed by atoms with van der Waals surface area (Å²) in [5.41, 5.74) is 4.46. The molecule has 6 nitrogen and oxygen atoms in total. The Balaban J connectivity index is 1.59. The van der Waals surface area contributed by atoms with E-state index in [1.54, 1.807) is 42.5 Å². The van der Waals surface area contributed by atoms with E-state index in [9.17, 15) is 14.4 Å². The van der Waals surface area contributed by atoms with E-state index < -0.39 is 11.8 Å². The fourth-order valence-electron chi connectivity index (χ4n) is 3.50. The minimum absolute atomic E-state index is 0.0430. The van der Waals surface area contributed by atoms with Gasteiger partial charge in [-0.15, -0.1) is 0 Å². The van der Waals surface area contributed by atoms with Crippen LogP contribution in [0.5, 0.6) is 0 Å². The van der Waals surface area contributed by atoms with Crippen LogP contribution in [0.2, 0.25) is 5.02 Å². The number of benzene rings is 3. The largest absolute Gasteiger partial charge is 0.349 e. The van der Waals surface area contributed by atoms with Gasteiger partial charge in [0.15, 0.2) is 0 Å². The Morgan fingerprint density at radius 1 is 0.794 bits per heavy atom. The van der Waals surface area contributed by atoms with E-state index in [1.807, 2.05) is 39.0 Å². The van der Waals surface area contributed by atoms with E-state index in [0.717, 1.165) is 21.6 Å². The molecule has 0 fully saturated rings. The average molecular weight is 494 g/mol. The highest BCUT2D eigenvalue weighted by Crippen LogP contribution is 2.31. The lowest BCUT2D eigenvalue weighted by Gasteiger charge is -2.16. The van der Waals surface area contributed by atoms with Gasteiger partial charge in [0, 0.05) is 22.0 Å². The first kappa shape index (κ1) is 23.5. The van der Waals surface area contributed by atoms with Crippen LogP contribution in [0.15, 0.2) is 71.4 Å². The van der Waals surface area contributed by atoms with E-state index in [2.05, 4.69) is 10.6 Å². The molecule has 1 aliphatic heterocycles. The number of imide groups is 1. The third-order valence-corrected chi connectivity index (χ3v) is 6.11. The molecular formula is C26H21Cl2N3O3. The SMILES string of the molecule is Cc1ccc(N2C(=O)C(Cl)=C(Nc3cc(C(=O)Nc4cc(Cl)ccc4C)ccc3C)C2=O)cc1. The molecule has 0 unspecified atom stereocenters. The normalized spacial score (nSPS) is 13.5. The molecule has 0 aromatic heterocycles. The predicted molar refractivity (Wildman–Crippen MR) is 135 cm³/mol. The standard InChI is InChI=1S/C26H21Cl2N3O3/c1-14-4-10-19(11-5-14)31-25(33)22(28)23(26(31)34)29-20-12-17(8-6-15(20)2)24(32)30-21-13-18(27)9-7-16(21)3/h4-13,29H,1-3H3,(H,30,32). The zero-order valence-corrected chi connectivity index (χ0v) is 20.2. The van der Waals surface area contributed by atoms with E-state index in [-0.39, 0.29) is 16.6 Å². The highest BCUT2D eigenvalue weighted by Gasteiger charge is 2.39. The van der Waals surface area contributed by atoms with Gasteiger partial charge in [-0.3, -0.25) is 14.4 Å². The summed E-state index contributed by atoms with van der Waals surface area (Å²) in [6.45, 7) is 5.60. The van der Waals surface area contributed by atoms with Crippen LogP contribution in [0, 0.1) is 20.8 Å². The summed E-state index contributed by atoms with van der Waals surface area (Å²) >= 11 is 12.3. The van der Waals surface area contributed by atoms with Crippen molar-refractivity contribution in [2.45, 2.75) is 20.8 Å². The summed E-state index contributed by atoms with van der Waals surface area (Å²) in [7, 11) is 0. The highest BCUT2D eigenvalue weighted by molar-refractivity contribution is 6.53. The Labute approximate surface area is 207 Å². The van der Waals surface area contributed by atoms with Crippen LogP contribution in [0.4, 0.5) is 17.1 Å². The maximum atomic E-state index is 13.1. The Morgan fingerprint density at radius 2 is 1.44 bits per heavy atom. The van der Waals surface area contributed by atoms with E-state index in [0.29, 0.717) is 27.6 Å². The van der Waals surface area contributed by atoms with Gasteiger partial charge in [-0.25, -0.2) is 4.90 Å². The average Bonchev–Trinajstić information content (AvgIpc) is 3.01. The highest BCUT2D eigenvalue weighted by atomic mass is 35.5. The number of amides is 3. The Kier molecular flexibility index (Phi) is 6.46. The maximum absolute atomic E-state index is 13.1. The van der Waals surface area contributed by atoms with Crippen LogP contribution in [0.1, 0.15) is 27.0 Å². The molecule has 3 aromatic carbocycles. The van der Waals surface area contributed by atoms with Gasteiger partial charge in [0.2, 0.25) is 0 Å². The van der Waals surface area contributed by atoms with Gasteiger partial charge in [0.1, 0.15) is 10.7 Å². The zero-order valence-electron chi connectivity index (χ0n) is 18.7. The molecule has 0 aliphatic carbocycles. The van der Waals surface area contributed by atoms with Crippen molar-refractivity contribution in [1.82, 2.24) is 0 Å². The Morgan fingerprint density at radius 3 is 2.15 bits per heavy atom. The molecular weight excluding hydrogens is 473 g/mol. The number of anilines is 3.